The van der Waals surface area contributed by atoms with Crippen LogP contribution in [0.3, 0.4) is 0 Å². The average Bonchev–Trinajstić information content (AvgIpc) is 3.05. The van der Waals surface area contributed by atoms with Gasteiger partial charge in [-0.3, -0.25) is 13.9 Å². The molecule has 0 heterocycles. The van der Waals surface area contributed by atoms with Crippen LogP contribution in [0.1, 0.15) is 30.0 Å². The lowest BCUT2D eigenvalue weighted by Gasteiger charge is -2.34. The number of nitrogens with one attached hydrogen (secondary N) is 1. The summed E-state index contributed by atoms with van der Waals surface area (Å²) in [5, 5.41) is 3.27. The minimum absolute atomic E-state index is 0.0250. The number of carbonyl (C=O) groups excluding carboxylic acids is 2. The zero-order valence-electron chi connectivity index (χ0n) is 25.6. The number of nitrogens with zero attached hydrogens (tertiary/aromatic N) is 2. The van der Waals surface area contributed by atoms with Crippen molar-refractivity contribution in [3.63, 3.8) is 0 Å². The second-order valence-corrected chi connectivity index (χ2v) is 12.9. The molecule has 0 aliphatic carbocycles. The number of rotatable bonds is 14. The van der Waals surface area contributed by atoms with E-state index in [2.05, 4.69) is 5.32 Å². The van der Waals surface area contributed by atoms with Gasteiger partial charge in [-0.2, -0.15) is 0 Å². The smallest absolute Gasteiger partial charge is 0.264 e. The summed E-state index contributed by atoms with van der Waals surface area (Å²) in [6.07, 6.45) is 0.967. The molecule has 10 heteroatoms. The molecule has 4 aromatic rings. The molecule has 1 atom stereocenters. The highest BCUT2D eigenvalue weighted by Gasteiger charge is 2.34. The van der Waals surface area contributed by atoms with Crippen molar-refractivity contribution >= 4 is 39.1 Å². The van der Waals surface area contributed by atoms with Gasteiger partial charge in [0.25, 0.3) is 10.0 Å². The lowest BCUT2D eigenvalue weighted by atomic mass is 10.0. The summed E-state index contributed by atoms with van der Waals surface area (Å²) in [6.45, 7) is 3.88. The van der Waals surface area contributed by atoms with Gasteiger partial charge in [-0.15, -0.1) is 0 Å². The van der Waals surface area contributed by atoms with E-state index in [0.717, 1.165) is 27.4 Å². The molecule has 0 radical (unpaired) electrons. The summed E-state index contributed by atoms with van der Waals surface area (Å²) in [6, 6.07) is 28.5. The molecule has 0 aliphatic rings. The Kier molecular flexibility index (Phi) is 11.6. The fraction of sp³-hybridized carbons (Fsp3) is 0.257. The van der Waals surface area contributed by atoms with Crippen LogP contribution in [0.25, 0.3) is 0 Å². The van der Waals surface area contributed by atoms with Gasteiger partial charge in [-0.1, -0.05) is 79.2 Å². The second-order valence-electron chi connectivity index (χ2n) is 10.6. The van der Waals surface area contributed by atoms with E-state index >= 15 is 0 Å². The molecule has 8 nitrogen and oxygen atoms in total. The first-order valence-corrected chi connectivity index (χ1v) is 16.5. The molecule has 0 aliphatic heterocycles. The van der Waals surface area contributed by atoms with Gasteiger partial charge in [-0.05, 0) is 72.5 Å². The third kappa shape index (κ3) is 8.65. The Balaban J connectivity index is 1.80. The monoisotopic (exact) mass is 647 g/mol. The predicted octanol–water partition coefficient (Wildman–Crippen LogP) is 6.02. The fourth-order valence-corrected chi connectivity index (χ4v) is 6.52. The standard InChI is InChI=1S/C35H38ClN3O5S/c1-4-21-37-35(41)33(22-27-12-6-5-7-13-27)38(24-28-14-9-8-11-26(28)2)34(40)25-39(30-16-10-15-29(36)23-30)45(42,43)32-19-17-31(44-3)18-20-32/h5-20,23,33H,4,21-22,24-25H2,1-3H3,(H,37,41)/t33-/m1/s1. The van der Waals surface area contributed by atoms with Gasteiger partial charge < -0.3 is 15.0 Å². The number of hydrogen-bond donors (Lipinski definition) is 1. The number of sulfonamides is 1. The van der Waals surface area contributed by atoms with Gasteiger partial charge in [0.15, 0.2) is 0 Å². The van der Waals surface area contributed by atoms with E-state index in [-0.39, 0.29) is 29.5 Å². The van der Waals surface area contributed by atoms with Crippen LogP contribution < -0.4 is 14.4 Å². The lowest BCUT2D eigenvalue weighted by molar-refractivity contribution is -0.140. The normalized spacial score (nSPS) is 11.8. The third-order valence-corrected chi connectivity index (χ3v) is 9.47. The molecule has 0 unspecified atom stereocenters. The molecular weight excluding hydrogens is 610 g/mol. The van der Waals surface area contributed by atoms with Crippen molar-refractivity contribution in [1.82, 2.24) is 10.2 Å². The molecule has 0 fully saturated rings. The highest BCUT2D eigenvalue weighted by atomic mass is 35.5. The van der Waals surface area contributed by atoms with Crippen molar-refractivity contribution in [1.29, 1.82) is 0 Å². The van der Waals surface area contributed by atoms with E-state index in [0.29, 0.717) is 17.3 Å². The summed E-state index contributed by atoms with van der Waals surface area (Å²) in [5.74, 6) is -0.358. The first kappa shape index (κ1) is 33.6. The molecule has 45 heavy (non-hydrogen) atoms. The van der Waals surface area contributed by atoms with Crippen LogP contribution in [0.5, 0.6) is 5.75 Å². The van der Waals surface area contributed by atoms with Crippen LogP contribution in [0.4, 0.5) is 5.69 Å². The molecule has 1 N–H and O–H groups in total. The zero-order valence-corrected chi connectivity index (χ0v) is 27.2. The number of benzene rings is 4. The van der Waals surface area contributed by atoms with Crippen molar-refractivity contribution in [3.8, 4) is 5.75 Å². The molecule has 0 saturated heterocycles. The van der Waals surface area contributed by atoms with Gasteiger partial charge in [0.1, 0.15) is 18.3 Å². The van der Waals surface area contributed by atoms with E-state index < -0.39 is 28.5 Å². The molecule has 0 bridgehead atoms. The summed E-state index contributed by atoms with van der Waals surface area (Å²) in [4.78, 5) is 29.7. The minimum Gasteiger partial charge on any atom is -0.497 e. The van der Waals surface area contributed by atoms with E-state index in [4.69, 9.17) is 16.3 Å². The quantitative estimate of drug-likeness (QED) is 0.181. The van der Waals surface area contributed by atoms with Crippen LogP contribution >= 0.6 is 11.6 Å². The Labute approximate surface area is 270 Å². The molecule has 0 saturated carbocycles. The number of hydrogen-bond acceptors (Lipinski definition) is 5. The number of aryl methyl sites for hydroxylation is 1. The van der Waals surface area contributed by atoms with Crippen LogP contribution in [-0.2, 0) is 32.6 Å². The highest BCUT2D eigenvalue weighted by Crippen LogP contribution is 2.28. The molecule has 2 amide bonds. The molecule has 0 spiro atoms. The van der Waals surface area contributed by atoms with Crippen molar-refractivity contribution in [2.45, 2.75) is 44.2 Å². The maximum atomic E-state index is 14.5. The highest BCUT2D eigenvalue weighted by molar-refractivity contribution is 7.92. The average molecular weight is 648 g/mol. The Hall–Kier alpha value is -4.34. The van der Waals surface area contributed by atoms with E-state index in [1.54, 1.807) is 30.3 Å². The van der Waals surface area contributed by atoms with Crippen molar-refractivity contribution in [3.05, 3.63) is 125 Å². The maximum absolute atomic E-state index is 14.5. The van der Waals surface area contributed by atoms with Gasteiger partial charge in [0.2, 0.25) is 11.8 Å². The number of ether oxygens (including phenoxy) is 1. The Morgan fingerprint density at radius 1 is 0.911 bits per heavy atom. The van der Waals surface area contributed by atoms with Crippen LogP contribution in [0.15, 0.2) is 108 Å². The zero-order chi connectivity index (χ0) is 32.4. The lowest BCUT2D eigenvalue weighted by Crippen LogP contribution is -2.53. The van der Waals surface area contributed by atoms with E-state index in [1.165, 1.54) is 30.2 Å². The van der Waals surface area contributed by atoms with E-state index in [9.17, 15) is 18.0 Å². The summed E-state index contributed by atoms with van der Waals surface area (Å²) in [5.41, 5.74) is 2.88. The maximum Gasteiger partial charge on any atom is 0.264 e. The number of methoxy groups -OCH3 is 1. The molecule has 236 valence electrons. The van der Waals surface area contributed by atoms with Gasteiger partial charge in [-0.25, -0.2) is 8.42 Å². The summed E-state index contributed by atoms with van der Waals surface area (Å²) >= 11 is 6.29. The first-order valence-electron chi connectivity index (χ1n) is 14.7. The third-order valence-electron chi connectivity index (χ3n) is 7.44. The van der Waals surface area contributed by atoms with E-state index in [1.807, 2.05) is 68.4 Å². The Morgan fingerprint density at radius 3 is 2.24 bits per heavy atom. The predicted molar refractivity (Wildman–Crippen MR) is 178 cm³/mol. The van der Waals surface area contributed by atoms with Crippen LogP contribution in [0, 0.1) is 6.92 Å². The number of anilines is 1. The van der Waals surface area contributed by atoms with Crippen LogP contribution in [-0.4, -0.2) is 51.4 Å². The van der Waals surface area contributed by atoms with Gasteiger partial charge in [0, 0.05) is 24.5 Å². The van der Waals surface area contributed by atoms with Crippen molar-refractivity contribution < 1.29 is 22.7 Å². The Morgan fingerprint density at radius 2 is 1.60 bits per heavy atom. The summed E-state index contributed by atoms with van der Waals surface area (Å²) < 4.78 is 34.5. The first-order chi connectivity index (χ1) is 21.6. The van der Waals surface area contributed by atoms with Crippen LogP contribution in [0.2, 0.25) is 5.02 Å². The minimum atomic E-state index is -4.25. The second kappa shape index (κ2) is 15.6. The number of amides is 2. The van der Waals surface area contributed by atoms with Crippen molar-refractivity contribution in [2.75, 3.05) is 24.5 Å². The number of carbonyl (C=O) groups is 2. The largest absolute Gasteiger partial charge is 0.497 e. The Bertz CT molecular complexity index is 1700. The van der Waals surface area contributed by atoms with Gasteiger partial charge in [0.05, 0.1) is 17.7 Å². The SMILES string of the molecule is CCCNC(=O)[C@@H](Cc1ccccc1)N(Cc1ccccc1C)C(=O)CN(c1cccc(Cl)c1)S(=O)(=O)c1ccc(OC)cc1. The molecular formula is C35H38ClN3O5S. The molecule has 0 aromatic heterocycles. The number of halogens is 1. The molecule has 4 aromatic carbocycles. The van der Waals surface area contributed by atoms with Crippen molar-refractivity contribution in [2.24, 2.45) is 0 Å². The fourth-order valence-electron chi connectivity index (χ4n) is 4.93. The topological polar surface area (TPSA) is 96.0 Å². The van der Waals surface area contributed by atoms with Gasteiger partial charge >= 0.3 is 0 Å². The summed E-state index contributed by atoms with van der Waals surface area (Å²) in [7, 11) is -2.76. The molecule has 4 rings (SSSR count).